The molecule has 0 bridgehead atoms. The fraction of sp³-hybridized carbons (Fsp3) is 0.312. The quantitative estimate of drug-likeness (QED) is 0.220. The van der Waals surface area contributed by atoms with Crippen molar-refractivity contribution in [3.63, 3.8) is 0 Å². The molecule has 0 saturated carbocycles. The molecule has 8 heteroatoms. The Hall–Kier alpha value is -3.46. The maximum atomic E-state index is 13.7. The SMILES string of the molecule is Nc1ccccc1NC(=O)/C=C/c1ccc(C(C(=O)Nc2ccc(Br)cc2)N2CCC(N3CCCCC3)C2)cc1. The first kappa shape index (κ1) is 28.1. The van der Waals surface area contributed by atoms with Gasteiger partial charge in [-0.05, 0) is 86.0 Å². The molecule has 2 aliphatic rings. The summed E-state index contributed by atoms with van der Waals surface area (Å²) < 4.78 is 0.968. The van der Waals surface area contributed by atoms with Crippen molar-refractivity contribution in [3.05, 3.63) is 94.5 Å². The number of nitrogen functional groups attached to an aromatic ring is 1. The number of nitrogens with two attached hydrogens (primary N) is 1. The second kappa shape index (κ2) is 13.3. The van der Waals surface area contributed by atoms with Crippen molar-refractivity contribution in [1.82, 2.24) is 9.80 Å². The maximum absolute atomic E-state index is 13.7. The van der Waals surface area contributed by atoms with E-state index in [2.05, 4.69) is 36.4 Å². The van der Waals surface area contributed by atoms with E-state index in [1.165, 1.54) is 25.3 Å². The molecule has 2 unspecified atom stereocenters. The molecular formula is C32H36BrN5O2. The Morgan fingerprint density at radius 1 is 0.900 bits per heavy atom. The monoisotopic (exact) mass is 601 g/mol. The lowest BCUT2D eigenvalue weighted by atomic mass is 10.0. The van der Waals surface area contributed by atoms with Gasteiger partial charge in [0, 0.05) is 35.4 Å². The predicted molar refractivity (Wildman–Crippen MR) is 166 cm³/mol. The van der Waals surface area contributed by atoms with Crippen molar-refractivity contribution >= 4 is 50.9 Å². The van der Waals surface area contributed by atoms with Crippen molar-refractivity contribution in [2.45, 2.75) is 37.8 Å². The zero-order valence-corrected chi connectivity index (χ0v) is 24.1. The largest absolute Gasteiger partial charge is 0.397 e. The minimum absolute atomic E-state index is 0.0373. The van der Waals surface area contributed by atoms with Gasteiger partial charge < -0.3 is 16.4 Å². The Morgan fingerprint density at radius 2 is 1.62 bits per heavy atom. The van der Waals surface area contributed by atoms with Crippen LogP contribution in [0.4, 0.5) is 17.1 Å². The highest BCUT2D eigenvalue weighted by Crippen LogP contribution is 2.30. The van der Waals surface area contributed by atoms with E-state index in [0.717, 1.165) is 53.9 Å². The normalized spacial score (nSPS) is 19.0. The Morgan fingerprint density at radius 3 is 2.35 bits per heavy atom. The number of amides is 2. The van der Waals surface area contributed by atoms with Crippen LogP contribution < -0.4 is 16.4 Å². The van der Waals surface area contributed by atoms with E-state index < -0.39 is 6.04 Å². The molecular weight excluding hydrogens is 566 g/mol. The van der Waals surface area contributed by atoms with Crippen LogP contribution in [0.5, 0.6) is 0 Å². The standard InChI is InChI=1S/C32H36BrN5O2/c33-25-13-15-26(16-14-25)35-32(40)31(38-21-18-27(22-38)37-19-4-1-5-20-37)24-11-8-23(9-12-24)10-17-30(39)36-29-7-3-2-6-28(29)34/h2-3,6-17,27,31H,1,4-5,18-22,34H2,(H,35,40)(H,36,39)/b17-10+. The summed E-state index contributed by atoms with van der Waals surface area (Å²) in [6, 6.07) is 22.8. The molecule has 2 amide bonds. The molecule has 208 valence electrons. The summed E-state index contributed by atoms with van der Waals surface area (Å²) in [5.41, 5.74) is 9.61. The number of anilines is 3. The highest BCUT2D eigenvalue weighted by molar-refractivity contribution is 9.10. The second-order valence-corrected chi connectivity index (χ2v) is 11.4. The molecule has 2 heterocycles. The van der Waals surface area contributed by atoms with Crippen LogP contribution in [0.25, 0.3) is 6.08 Å². The molecule has 0 spiro atoms. The van der Waals surface area contributed by atoms with E-state index in [4.69, 9.17) is 5.73 Å². The summed E-state index contributed by atoms with van der Waals surface area (Å²) in [4.78, 5) is 31.0. The number of hydrogen-bond acceptors (Lipinski definition) is 5. The smallest absolute Gasteiger partial charge is 0.248 e. The molecule has 40 heavy (non-hydrogen) atoms. The number of likely N-dealkylation sites (tertiary alicyclic amines) is 2. The Labute approximate surface area is 244 Å². The van der Waals surface area contributed by atoms with Gasteiger partial charge in [0.15, 0.2) is 0 Å². The average molecular weight is 603 g/mol. The van der Waals surface area contributed by atoms with E-state index >= 15 is 0 Å². The number of carbonyl (C=O) groups is 2. The van der Waals surface area contributed by atoms with Crippen LogP contribution in [0.15, 0.2) is 83.3 Å². The molecule has 5 rings (SSSR count). The van der Waals surface area contributed by atoms with Crippen LogP contribution >= 0.6 is 15.9 Å². The number of halogens is 1. The van der Waals surface area contributed by atoms with Crippen LogP contribution in [0.3, 0.4) is 0 Å². The number of hydrogen-bond donors (Lipinski definition) is 3. The molecule has 2 saturated heterocycles. The van der Waals surface area contributed by atoms with Gasteiger partial charge in [-0.25, -0.2) is 0 Å². The minimum atomic E-state index is -0.402. The number of para-hydroxylation sites is 2. The highest BCUT2D eigenvalue weighted by atomic mass is 79.9. The lowest BCUT2D eigenvalue weighted by Crippen LogP contribution is -2.42. The van der Waals surface area contributed by atoms with Crippen LogP contribution in [0.2, 0.25) is 0 Å². The van der Waals surface area contributed by atoms with Gasteiger partial charge in [-0.15, -0.1) is 0 Å². The van der Waals surface area contributed by atoms with E-state index in [1.807, 2.05) is 60.7 Å². The Kier molecular flexibility index (Phi) is 9.31. The molecule has 2 aliphatic heterocycles. The van der Waals surface area contributed by atoms with Crippen molar-refractivity contribution < 1.29 is 9.59 Å². The summed E-state index contributed by atoms with van der Waals surface area (Å²) in [6.45, 7) is 4.06. The third kappa shape index (κ3) is 7.18. The summed E-state index contributed by atoms with van der Waals surface area (Å²) >= 11 is 3.46. The molecule has 0 aromatic heterocycles. The lowest BCUT2D eigenvalue weighted by molar-refractivity contribution is -0.121. The highest BCUT2D eigenvalue weighted by Gasteiger charge is 2.36. The summed E-state index contributed by atoms with van der Waals surface area (Å²) in [7, 11) is 0. The molecule has 0 radical (unpaired) electrons. The fourth-order valence-electron chi connectivity index (χ4n) is 5.60. The lowest BCUT2D eigenvalue weighted by Gasteiger charge is -2.33. The van der Waals surface area contributed by atoms with Crippen molar-refractivity contribution in [3.8, 4) is 0 Å². The van der Waals surface area contributed by atoms with Crippen molar-refractivity contribution in [2.24, 2.45) is 0 Å². The minimum Gasteiger partial charge on any atom is -0.397 e. The molecule has 3 aromatic carbocycles. The van der Waals surface area contributed by atoms with E-state index in [-0.39, 0.29) is 11.8 Å². The molecule has 3 aromatic rings. The number of benzene rings is 3. The van der Waals surface area contributed by atoms with E-state index in [0.29, 0.717) is 17.4 Å². The van der Waals surface area contributed by atoms with Crippen LogP contribution in [-0.2, 0) is 9.59 Å². The zero-order valence-electron chi connectivity index (χ0n) is 22.6. The zero-order chi connectivity index (χ0) is 27.9. The van der Waals surface area contributed by atoms with Crippen molar-refractivity contribution in [1.29, 1.82) is 0 Å². The number of piperidine rings is 1. The Bertz CT molecular complexity index is 1340. The van der Waals surface area contributed by atoms with Gasteiger partial charge in [-0.1, -0.05) is 58.7 Å². The van der Waals surface area contributed by atoms with Gasteiger partial charge in [-0.2, -0.15) is 0 Å². The summed E-state index contributed by atoms with van der Waals surface area (Å²) in [5.74, 6) is -0.292. The van der Waals surface area contributed by atoms with Crippen LogP contribution in [0, 0.1) is 0 Å². The van der Waals surface area contributed by atoms with E-state index in [1.54, 1.807) is 18.2 Å². The van der Waals surface area contributed by atoms with Gasteiger partial charge in [0.25, 0.3) is 0 Å². The topological polar surface area (TPSA) is 90.7 Å². The number of nitrogens with zero attached hydrogens (tertiary/aromatic N) is 2. The average Bonchev–Trinajstić information content (AvgIpc) is 3.45. The third-order valence-electron chi connectivity index (χ3n) is 7.73. The molecule has 2 fully saturated rings. The summed E-state index contributed by atoms with van der Waals surface area (Å²) in [5, 5.41) is 5.93. The van der Waals surface area contributed by atoms with Gasteiger partial charge in [0.1, 0.15) is 6.04 Å². The summed E-state index contributed by atoms with van der Waals surface area (Å²) in [6.07, 6.45) is 8.16. The van der Waals surface area contributed by atoms with Crippen molar-refractivity contribution in [2.75, 3.05) is 42.5 Å². The molecule has 0 aliphatic carbocycles. The number of rotatable bonds is 8. The first-order chi connectivity index (χ1) is 19.5. The Balaban J connectivity index is 1.30. The predicted octanol–water partition coefficient (Wildman–Crippen LogP) is 5.92. The van der Waals surface area contributed by atoms with Crippen LogP contribution in [-0.4, -0.2) is 53.8 Å². The van der Waals surface area contributed by atoms with Gasteiger partial charge in [-0.3, -0.25) is 19.4 Å². The second-order valence-electron chi connectivity index (χ2n) is 10.5. The number of carbonyl (C=O) groups excluding carboxylic acids is 2. The molecule has 7 nitrogen and oxygen atoms in total. The van der Waals surface area contributed by atoms with Gasteiger partial charge in [0.2, 0.25) is 11.8 Å². The first-order valence-electron chi connectivity index (χ1n) is 13.9. The van der Waals surface area contributed by atoms with Crippen LogP contribution in [0.1, 0.15) is 42.9 Å². The van der Waals surface area contributed by atoms with E-state index in [9.17, 15) is 9.59 Å². The van der Waals surface area contributed by atoms with Gasteiger partial charge in [0.05, 0.1) is 11.4 Å². The molecule has 4 N–H and O–H groups in total. The maximum Gasteiger partial charge on any atom is 0.248 e. The fourth-order valence-corrected chi connectivity index (χ4v) is 5.87. The van der Waals surface area contributed by atoms with Gasteiger partial charge >= 0.3 is 0 Å². The first-order valence-corrected chi connectivity index (χ1v) is 14.7. The number of nitrogens with one attached hydrogen (secondary N) is 2. The third-order valence-corrected chi connectivity index (χ3v) is 8.25. The molecule has 2 atom stereocenters.